The summed E-state index contributed by atoms with van der Waals surface area (Å²) in [5, 5.41) is 3.35. The van der Waals surface area contributed by atoms with Crippen LogP contribution in [-0.2, 0) is 4.74 Å². The number of benzene rings is 1. The molecule has 1 aromatic carbocycles. The average Bonchev–Trinajstić information content (AvgIpc) is 2.46. The van der Waals surface area contributed by atoms with Crippen molar-refractivity contribution in [3.05, 3.63) is 29.8 Å². The maximum absolute atomic E-state index is 5.82. The monoisotopic (exact) mass is 265 g/mol. The van der Waals surface area contributed by atoms with Crippen LogP contribution in [-0.4, -0.2) is 26.9 Å². The van der Waals surface area contributed by atoms with Gasteiger partial charge in [-0.25, -0.2) is 0 Å². The lowest BCUT2D eigenvalue weighted by atomic mass is 10.0. The molecule has 0 aliphatic carbocycles. The highest BCUT2D eigenvalue weighted by atomic mass is 16.5. The molecule has 0 aromatic heterocycles. The first-order valence-corrected chi connectivity index (χ1v) is 7.30. The largest absolute Gasteiger partial charge is 0.493 e. The lowest BCUT2D eigenvalue weighted by molar-refractivity contribution is 0.125. The molecule has 0 amide bonds. The molecule has 0 bridgehead atoms. The molecular formula is C16H27NO2. The second kappa shape index (κ2) is 9.82. The third-order valence-electron chi connectivity index (χ3n) is 3.00. The number of rotatable bonds is 10. The average molecular weight is 265 g/mol. The number of ether oxygens (including phenoxy) is 2. The predicted octanol–water partition coefficient (Wildman–Crippen LogP) is 3.55. The van der Waals surface area contributed by atoms with E-state index in [-0.39, 0.29) is 6.04 Å². The van der Waals surface area contributed by atoms with Gasteiger partial charge in [-0.3, -0.25) is 0 Å². The molecular weight excluding hydrogens is 238 g/mol. The summed E-state index contributed by atoms with van der Waals surface area (Å²) < 4.78 is 11.4. The summed E-state index contributed by atoms with van der Waals surface area (Å²) in [6, 6.07) is 8.54. The standard InChI is InChI=1S/C16H27NO2/c1-4-11-18-13-10-15(17-3)14-8-6-7-9-16(14)19-12-5-2/h6-9,15,17H,4-5,10-13H2,1-3H3. The first kappa shape index (κ1) is 16.0. The molecule has 3 nitrogen and oxygen atoms in total. The molecule has 0 heterocycles. The Labute approximate surface area is 117 Å². The SMILES string of the molecule is CCCOCCC(NC)c1ccccc1OCCC. The van der Waals surface area contributed by atoms with E-state index in [1.807, 2.05) is 19.2 Å². The lowest BCUT2D eigenvalue weighted by Crippen LogP contribution is -2.19. The van der Waals surface area contributed by atoms with Crippen molar-refractivity contribution in [2.75, 3.05) is 26.9 Å². The van der Waals surface area contributed by atoms with Gasteiger partial charge >= 0.3 is 0 Å². The van der Waals surface area contributed by atoms with Crippen LogP contribution in [0.1, 0.15) is 44.7 Å². The fraction of sp³-hybridized carbons (Fsp3) is 0.625. The number of para-hydroxylation sites is 1. The molecule has 1 aromatic rings. The van der Waals surface area contributed by atoms with E-state index in [0.717, 1.165) is 44.8 Å². The third kappa shape index (κ3) is 5.62. The smallest absolute Gasteiger partial charge is 0.124 e. The molecule has 0 saturated carbocycles. The van der Waals surface area contributed by atoms with Crippen LogP contribution in [0.15, 0.2) is 24.3 Å². The van der Waals surface area contributed by atoms with Crippen molar-refractivity contribution in [2.45, 2.75) is 39.2 Å². The van der Waals surface area contributed by atoms with Crippen LogP contribution in [0.25, 0.3) is 0 Å². The molecule has 1 atom stereocenters. The molecule has 19 heavy (non-hydrogen) atoms. The van der Waals surface area contributed by atoms with E-state index in [4.69, 9.17) is 9.47 Å². The van der Waals surface area contributed by atoms with E-state index < -0.39 is 0 Å². The first-order chi connectivity index (χ1) is 9.33. The van der Waals surface area contributed by atoms with Gasteiger partial charge in [-0.2, -0.15) is 0 Å². The number of nitrogens with one attached hydrogen (secondary N) is 1. The quantitative estimate of drug-likeness (QED) is 0.656. The minimum atomic E-state index is 0.282. The minimum Gasteiger partial charge on any atom is -0.493 e. The fourth-order valence-electron chi connectivity index (χ4n) is 2.01. The van der Waals surface area contributed by atoms with Gasteiger partial charge in [0.1, 0.15) is 5.75 Å². The van der Waals surface area contributed by atoms with Crippen LogP contribution in [0, 0.1) is 0 Å². The Morgan fingerprint density at radius 1 is 1.05 bits per heavy atom. The zero-order valence-electron chi connectivity index (χ0n) is 12.4. The van der Waals surface area contributed by atoms with Gasteiger partial charge in [0.15, 0.2) is 0 Å². The van der Waals surface area contributed by atoms with E-state index in [9.17, 15) is 0 Å². The van der Waals surface area contributed by atoms with Gasteiger partial charge in [0.2, 0.25) is 0 Å². The normalized spacial score (nSPS) is 12.4. The van der Waals surface area contributed by atoms with E-state index >= 15 is 0 Å². The third-order valence-corrected chi connectivity index (χ3v) is 3.00. The summed E-state index contributed by atoms with van der Waals surface area (Å²) in [4.78, 5) is 0. The second-order valence-corrected chi connectivity index (χ2v) is 4.63. The van der Waals surface area contributed by atoms with Crippen LogP contribution in [0.2, 0.25) is 0 Å². The first-order valence-electron chi connectivity index (χ1n) is 7.30. The topological polar surface area (TPSA) is 30.5 Å². The summed E-state index contributed by atoms with van der Waals surface area (Å²) in [5.74, 6) is 0.985. The highest BCUT2D eigenvalue weighted by molar-refractivity contribution is 5.35. The van der Waals surface area contributed by atoms with Crippen molar-refractivity contribution in [1.29, 1.82) is 0 Å². The van der Waals surface area contributed by atoms with E-state index in [0.29, 0.717) is 0 Å². The molecule has 0 aliphatic rings. The fourth-order valence-corrected chi connectivity index (χ4v) is 2.01. The van der Waals surface area contributed by atoms with Crippen molar-refractivity contribution in [1.82, 2.24) is 5.32 Å². The highest BCUT2D eigenvalue weighted by Crippen LogP contribution is 2.27. The summed E-state index contributed by atoms with van der Waals surface area (Å²) in [6.45, 7) is 6.63. The van der Waals surface area contributed by atoms with Gasteiger partial charge in [-0.05, 0) is 32.4 Å². The molecule has 0 radical (unpaired) electrons. The summed E-state index contributed by atoms with van der Waals surface area (Å²) in [7, 11) is 1.99. The molecule has 1 unspecified atom stereocenters. The molecule has 0 aliphatic heterocycles. The van der Waals surface area contributed by atoms with Crippen LogP contribution in [0.3, 0.4) is 0 Å². The Balaban J connectivity index is 2.62. The zero-order chi connectivity index (χ0) is 13.9. The van der Waals surface area contributed by atoms with Crippen molar-refractivity contribution in [3.63, 3.8) is 0 Å². The van der Waals surface area contributed by atoms with E-state index in [1.165, 1.54) is 5.56 Å². The van der Waals surface area contributed by atoms with Crippen LogP contribution >= 0.6 is 0 Å². The van der Waals surface area contributed by atoms with Crippen molar-refractivity contribution in [3.8, 4) is 5.75 Å². The Kier molecular flexibility index (Phi) is 8.26. The van der Waals surface area contributed by atoms with Crippen molar-refractivity contribution < 1.29 is 9.47 Å². The molecule has 1 N–H and O–H groups in total. The van der Waals surface area contributed by atoms with Crippen molar-refractivity contribution >= 4 is 0 Å². The number of hydrogen-bond acceptors (Lipinski definition) is 3. The molecule has 0 fully saturated rings. The van der Waals surface area contributed by atoms with Crippen molar-refractivity contribution in [2.24, 2.45) is 0 Å². The predicted molar refractivity (Wildman–Crippen MR) is 79.8 cm³/mol. The van der Waals surface area contributed by atoms with Crippen LogP contribution in [0.5, 0.6) is 5.75 Å². The molecule has 0 saturated heterocycles. The second-order valence-electron chi connectivity index (χ2n) is 4.63. The number of hydrogen-bond donors (Lipinski definition) is 1. The van der Waals surface area contributed by atoms with Gasteiger partial charge in [0, 0.05) is 24.8 Å². The summed E-state index contributed by atoms with van der Waals surface area (Å²) in [6.07, 6.45) is 3.06. The Morgan fingerprint density at radius 3 is 2.47 bits per heavy atom. The van der Waals surface area contributed by atoms with Gasteiger partial charge in [-0.15, -0.1) is 0 Å². The van der Waals surface area contributed by atoms with Gasteiger partial charge in [0.05, 0.1) is 6.61 Å². The Bertz CT molecular complexity index is 341. The van der Waals surface area contributed by atoms with Gasteiger partial charge in [-0.1, -0.05) is 32.0 Å². The Morgan fingerprint density at radius 2 is 1.79 bits per heavy atom. The zero-order valence-corrected chi connectivity index (χ0v) is 12.4. The maximum atomic E-state index is 5.82. The van der Waals surface area contributed by atoms with E-state index in [2.05, 4.69) is 31.3 Å². The molecule has 3 heteroatoms. The summed E-state index contributed by atoms with van der Waals surface area (Å²) >= 11 is 0. The highest BCUT2D eigenvalue weighted by Gasteiger charge is 2.13. The van der Waals surface area contributed by atoms with Gasteiger partial charge < -0.3 is 14.8 Å². The molecule has 1 rings (SSSR count). The maximum Gasteiger partial charge on any atom is 0.124 e. The minimum absolute atomic E-state index is 0.282. The van der Waals surface area contributed by atoms with Crippen LogP contribution in [0.4, 0.5) is 0 Å². The van der Waals surface area contributed by atoms with E-state index in [1.54, 1.807) is 0 Å². The summed E-state index contributed by atoms with van der Waals surface area (Å²) in [5.41, 5.74) is 1.22. The van der Waals surface area contributed by atoms with Gasteiger partial charge in [0.25, 0.3) is 0 Å². The lowest BCUT2D eigenvalue weighted by Gasteiger charge is -2.20. The molecule has 108 valence electrons. The Hall–Kier alpha value is -1.06. The van der Waals surface area contributed by atoms with Crippen LogP contribution < -0.4 is 10.1 Å². The molecule has 0 spiro atoms.